The van der Waals surface area contributed by atoms with E-state index in [1.807, 2.05) is 11.8 Å². The second kappa shape index (κ2) is 9.71. The minimum Gasteiger partial charge on any atom is -0.306 e. The zero-order valence-electron chi connectivity index (χ0n) is 21.7. The highest BCUT2D eigenvalue weighted by atomic mass is 79.9. The van der Waals surface area contributed by atoms with Crippen molar-refractivity contribution < 1.29 is 0 Å². The number of fused-ring (bicyclic) bond motifs is 3. The first-order valence-corrected chi connectivity index (χ1v) is 14.6. The van der Waals surface area contributed by atoms with Crippen LogP contribution in [-0.2, 0) is 0 Å². The molecule has 4 heteroatoms. The van der Waals surface area contributed by atoms with Gasteiger partial charge in [-0.2, -0.15) is 0 Å². The van der Waals surface area contributed by atoms with E-state index >= 15 is 0 Å². The average Bonchev–Trinajstić information content (AvgIpc) is 2.97. The zero-order chi connectivity index (χ0) is 26.5. The second-order valence-corrected chi connectivity index (χ2v) is 11.9. The number of benzene rings is 5. The van der Waals surface area contributed by atoms with Crippen molar-refractivity contribution in [2.45, 2.75) is 23.6 Å². The van der Waals surface area contributed by atoms with Crippen molar-refractivity contribution in [2.75, 3.05) is 4.90 Å². The van der Waals surface area contributed by atoms with E-state index in [9.17, 15) is 0 Å². The molecule has 1 aliphatic heterocycles. The maximum Gasteiger partial charge on any atom is 0.0958 e. The molecule has 0 radical (unpaired) electrons. The van der Waals surface area contributed by atoms with E-state index in [1.165, 1.54) is 48.8 Å². The Morgan fingerprint density at radius 3 is 1.92 bits per heavy atom. The van der Waals surface area contributed by atoms with Crippen molar-refractivity contribution in [1.29, 1.82) is 0 Å². The highest BCUT2D eigenvalue weighted by molar-refractivity contribution is 9.10. The number of pyridine rings is 1. The molecule has 0 N–H and O–H groups in total. The minimum absolute atomic E-state index is 0.963. The zero-order valence-corrected chi connectivity index (χ0v) is 24.1. The van der Waals surface area contributed by atoms with Gasteiger partial charge in [0.05, 0.1) is 28.3 Å². The molecule has 0 saturated carbocycles. The molecular weight excluding hydrogens is 560 g/mol. The van der Waals surface area contributed by atoms with Gasteiger partial charge in [-0.15, -0.1) is 0 Å². The van der Waals surface area contributed by atoms with E-state index < -0.39 is 0 Å². The van der Waals surface area contributed by atoms with E-state index in [0.29, 0.717) is 0 Å². The molecule has 5 aromatic carbocycles. The molecule has 2 nitrogen and oxygen atoms in total. The minimum atomic E-state index is 0.963. The predicted octanol–water partition coefficient (Wildman–Crippen LogP) is 10.9. The van der Waals surface area contributed by atoms with Gasteiger partial charge in [0.2, 0.25) is 0 Å². The molecule has 6 aromatic rings. The van der Waals surface area contributed by atoms with Crippen LogP contribution in [0.2, 0.25) is 0 Å². The van der Waals surface area contributed by atoms with E-state index in [0.717, 1.165) is 26.9 Å². The smallest absolute Gasteiger partial charge is 0.0958 e. The first kappa shape index (κ1) is 24.2. The molecular formula is C35H25BrN2S. The highest BCUT2D eigenvalue weighted by Gasteiger charge is 2.27. The van der Waals surface area contributed by atoms with Crippen LogP contribution >= 0.6 is 27.7 Å². The van der Waals surface area contributed by atoms with Crippen molar-refractivity contribution in [3.05, 3.63) is 131 Å². The lowest BCUT2D eigenvalue weighted by atomic mass is 9.94. The van der Waals surface area contributed by atoms with Gasteiger partial charge in [0, 0.05) is 25.2 Å². The van der Waals surface area contributed by atoms with Crippen molar-refractivity contribution in [3.63, 3.8) is 0 Å². The van der Waals surface area contributed by atoms with Crippen LogP contribution in [0.3, 0.4) is 0 Å². The number of hydrogen-bond donors (Lipinski definition) is 0. The van der Waals surface area contributed by atoms with Gasteiger partial charge >= 0.3 is 0 Å². The first-order valence-electron chi connectivity index (χ1n) is 13.0. The van der Waals surface area contributed by atoms with Crippen LogP contribution in [-0.4, -0.2) is 4.98 Å². The molecule has 0 fully saturated rings. The van der Waals surface area contributed by atoms with Gasteiger partial charge < -0.3 is 4.90 Å². The van der Waals surface area contributed by atoms with Crippen molar-refractivity contribution in [2.24, 2.45) is 0 Å². The Hall–Kier alpha value is -3.86. The summed E-state index contributed by atoms with van der Waals surface area (Å²) < 4.78 is 1.06. The molecule has 1 aliphatic rings. The SMILES string of the molecule is Cc1ccc(-c2cc(-c3ccc(Br)cc3)nc3c(N4c5ccccc5Sc5ccccc54)ccc(C)c23)cc1. The molecule has 7 rings (SSSR count). The number of para-hydroxylation sites is 2. The van der Waals surface area contributed by atoms with Crippen LogP contribution in [0.4, 0.5) is 17.1 Å². The molecule has 39 heavy (non-hydrogen) atoms. The summed E-state index contributed by atoms with van der Waals surface area (Å²) in [5.41, 5.74) is 11.4. The van der Waals surface area contributed by atoms with Crippen LogP contribution in [0.5, 0.6) is 0 Å². The number of aryl methyl sites for hydroxylation is 2. The molecule has 188 valence electrons. The monoisotopic (exact) mass is 584 g/mol. The van der Waals surface area contributed by atoms with Gasteiger partial charge in [0.25, 0.3) is 0 Å². The number of halogens is 1. The lowest BCUT2D eigenvalue weighted by molar-refractivity contribution is 1.17. The normalized spacial score (nSPS) is 12.3. The maximum atomic E-state index is 5.40. The van der Waals surface area contributed by atoms with Crippen molar-refractivity contribution >= 4 is 55.7 Å². The summed E-state index contributed by atoms with van der Waals surface area (Å²) in [4.78, 5) is 10.3. The Morgan fingerprint density at radius 2 is 1.26 bits per heavy atom. The van der Waals surface area contributed by atoms with E-state index in [-0.39, 0.29) is 0 Å². The topological polar surface area (TPSA) is 16.1 Å². The van der Waals surface area contributed by atoms with Crippen molar-refractivity contribution in [3.8, 4) is 22.4 Å². The number of nitrogens with zero attached hydrogens (tertiary/aromatic N) is 2. The molecule has 0 saturated heterocycles. The first-order chi connectivity index (χ1) is 19.1. The summed E-state index contributed by atoms with van der Waals surface area (Å²) in [6.45, 7) is 4.33. The van der Waals surface area contributed by atoms with Crippen LogP contribution in [0, 0.1) is 13.8 Å². The van der Waals surface area contributed by atoms with Gasteiger partial charge in [0.1, 0.15) is 0 Å². The lowest BCUT2D eigenvalue weighted by Crippen LogP contribution is -2.15. The Morgan fingerprint density at radius 1 is 0.641 bits per heavy atom. The predicted molar refractivity (Wildman–Crippen MR) is 169 cm³/mol. The summed E-state index contributed by atoms with van der Waals surface area (Å²) in [7, 11) is 0. The van der Waals surface area contributed by atoms with Crippen LogP contribution in [0.15, 0.2) is 130 Å². The van der Waals surface area contributed by atoms with E-state index in [1.54, 1.807) is 0 Å². The fourth-order valence-corrected chi connectivity index (χ4v) is 6.69. The third-order valence-electron chi connectivity index (χ3n) is 7.32. The van der Waals surface area contributed by atoms with Gasteiger partial charge in [-0.25, -0.2) is 4.98 Å². The summed E-state index contributed by atoms with van der Waals surface area (Å²) in [6.07, 6.45) is 0. The van der Waals surface area contributed by atoms with Gasteiger partial charge in [-0.3, -0.25) is 0 Å². The molecule has 2 heterocycles. The molecule has 0 bridgehead atoms. The second-order valence-electron chi connectivity index (χ2n) is 9.93. The molecule has 1 aromatic heterocycles. The molecule has 0 amide bonds. The Kier molecular flexibility index (Phi) is 6.03. The fraction of sp³-hybridized carbons (Fsp3) is 0.0571. The Labute approximate surface area is 241 Å². The van der Waals surface area contributed by atoms with Crippen LogP contribution < -0.4 is 4.90 Å². The Bertz CT molecular complexity index is 1810. The highest BCUT2D eigenvalue weighted by Crippen LogP contribution is 2.53. The fourth-order valence-electron chi connectivity index (χ4n) is 5.37. The third-order valence-corrected chi connectivity index (χ3v) is 8.98. The molecule has 0 atom stereocenters. The Balaban J connectivity index is 1.57. The van der Waals surface area contributed by atoms with Crippen molar-refractivity contribution in [1.82, 2.24) is 4.98 Å². The number of aromatic nitrogens is 1. The quantitative estimate of drug-likeness (QED) is 0.205. The third kappa shape index (κ3) is 4.25. The average molecular weight is 586 g/mol. The molecule has 0 aliphatic carbocycles. The van der Waals surface area contributed by atoms with Gasteiger partial charge in [0.15, 0.2) is 0 Å². The molecule has 0 unspecified atom stereocenters. The standard InChI is InChI=1S/C35H25BrN2S/c1-22-11-14-24(15-12-22)27-21-28(25-16-18-26(36)19-17-25)37-35-31(20-13-23(2)34(27)35)38-29-7-3-5-9-32(29)39-33-10-6-4-8-30(33)38/h3-21H,1-2H3. The van der Waals surface area contributed by atoms with E-state index in [4.69, 9.17) is 4.98 Å². The van der Waals surface area contributed by atoms with E-state index in [2.05, 4.69) is 150 Å². The lowest BCUT2D eigenvalue weighted by Gasteiger charge is -2.33. The largest absolute Gasteiger partial charge is 0.306 e. The van der Waals surface area contributed by atoms with Gasteiger partial charge in [-0.05, 0) is 79.1 Å². The summed E-state index contributed by atoms with van der Waals surface area (Å²) in [6, 6.07) is 41.3. The number of rotatable bonds is 3. The molecule has 0 spiro atoms. The summed E-state index contributed by atoms with van der Waals surface area (Å²) >= 11 is 5.42. The van der Waals surface area contributed by atoms with Crippen LogP contribution in [0.25, 0.3) is 33.3 Å². The van der Waals surface area contributed by atoms with Crippen LogP contribution in [0.1, 0.15) is 11.1 Å². The summed E-state index contributed by atoms with van der Waals surface area (Å²) in [5, 5.41) is 1.19. The number of anilines is 3. The maximum absolute atomic E-state index is 5.40. The number of hydrogen-bond acceptors (Lipinski definition) is 3. The van der Waals surface area contributed by atoms with Gasteiger partial charge in [-0.1, -0.05) is 100.0 Å². The summed E-state index contributed by atoms with van der Waals surface area (Å²) in [5.74, 6) is 0.